The molecule has 0 aromatic carbocycles. The van der Waals surface area contributed by atoms with Gasteiger partial charge in [-0.25, -0.2) is 9.50 Å². The van der Waals surface area contributed by atoms with Crippen molar-refractivity contribution < 1.29 is 0 Å². The van der Waals surface area contributed by atoms with Crippen LogP contribution in [0.2, 0.25) is 0 Å². The summed E-state index contributed by atoms with van der Waals surface area (Å²) in [6.07, 6.45) is 6.07. The van der Waals surface area contributed by atoms with Gasteiger partial charge in [-0.3, -0.25) is 0 Å². The molecule has 0 bridgehead atoms. The minimum Gasteiger partial charge on any atom is -0.371 e. The van der Waals surface area contributed by atoms with E-state index in [-0.39, 0.29) is 0 Å². The first kappa shape index (κ1) is 12.6. The van der Waals surface area contributed by atoms with Crippen LogP contribution in [0.3, 0.4) is 0 Å². The number of hydrogen-bond acceptors (Lipinski definition) is 6. The van der Waals surface area contributed by atoms with Gasteiger partial charge in [0.15, 0.2) is 5.82 Å². The highest BCUT2D eigenvalue weighted by Gasteiger charge is 2.30. The van der Waals surface area contributed by atoms with Gasteiger partial charge in [-0.05, 0) is 25.0 Å². The van der Waals surface area contributed by atoms with Crippen LogP contribution in [0.25, 0.3) is 5.52 Å². The van der Waals surface area contributed by atoms with Crippen molar-refractivity contribution in [3.05, 3.63) is 34.9 Å². The van der Waals surface area contributed by atoms with Crippen molar-refractivity contribution >= 4 is 28.6 Å². The summed E-state index contributed by atoms with van der Waals surface area (Å²) in [6, 6.07) is 4.29. The van der Waals surface area contributed by atoms with E-state index in [4.69, 9.17) is 4.98 Å². The molecule has 0 aliphatic carbocycles. The normalized spacial score (nSPS) is 18.5. The molecule has 1 aliphatic rings. The standard InChI is InChI=1S/C14H16N6S/c1-15-12-10-4-3-8-20(10)18-14(17-12)19-7-2-5-11(19)13-16-6-9-21-13/h3-4,6,8-9,11H,2,5,7H2,1H3,(H,15,17,18). The van der Waals surface area contributed by atoms with E-state index in [2.05, 4.69) is 20.3 Å². The molecule has 0 radical (unpaired) electrons. The van der Waals surface area contributed by atoms with E-state index < -0.39 is 0 Å². The molecule has 0 spiro atoms. The van der Waals surface area contributed by atoms with Crippen LogP contribution < -0.4 is 10.2 Å². The van der Waals surface area contributed by atoms with Crippen LogP contribution in [0.1, 0.15) is 23.9 Å². The van der Waals surface area contributed by atoms with E-state index >= 15 is 0 Å². The van der Waals surface area contributed by atoms with E-state index in [1.165, 1.54) is 0 Å². The van der Waals surface area contributed by atoms with Crippen molar-refractivity contribution in [2.45, 2.75) is 18.9 Å². The Morgan fingerprint density at radius 1 is 1.43 bits per heavy atom. The Balaban J connectivity index is 1.78. The van der Waals surface area contributed by atoms with Gasteiger partial charge in [0.05, 0.1) is 6.04 Å². The van der Waals surface area contributed by atoms with Crippen LogP contribution in [0.5, 0.6) is 0 Å². The molecule has 108 valence electrons. The topological polar surface area (TPSA) is 58.4 Å². The summed E-state index contributed by atoms with van der Waals surface area (Å²) < 4.78 is 1.88. The largest absolute Gasteiger partial charge is 0.371 e. The predicted molar refractivity (Wildman–Crippen MR) is 84.0 cm³/mol. The SMILES string of the molecule is CNc1nc(N2CCCC2c2nccs2)nn2cccc12. The monoisotopic (exact) mass is 300 g/mol. The minimum absolute atomic E-state index is 0.294. The second-order valence-electron chi connectivity index (χ2n) is 5.07. The van der Waals surface area contributed by atoms with Crippen LogP contribution in [-0.2, 0) is 0 Å². The summed E-state index contributed by atoms with van der Waals surface area (Å²) >= 11 is 1.70. The Morgan fingerprint density at radius 2 is 2.38 bits per heavy atom. The highest BCUT2D eigenvalue weighted by Crippen LogP contribution is 2.35. The van der Waals surface area contributed by atoms with Crippen LogP contribution >= 0.6 is 11.3 Å². The molecule has 7 heteroatoms. The summed E-state index contributed by atoms with van der Waals surface area (Å²) in [5.41, 5.74) is 0.992. The van der Waals surface area contributed by atoms with E-state index in [1.807, 2.05) is 41.5 Å². The summed E-state index contributed by atoms with van der Waals surface area (Å²) in [4.78, 5) is 11.4. The van der Waals surface area contributed by atoms with Gasteiger partial charge in [0.1, 0.15) is 10.5 Å². The van der Waals surface area contributed by atoms with Gasteiger partial charge in [0.25, 0.3) is 0 Å². The maximum Gasteiger partial charge on any atom is 0.246 e. The molecule has 4 heterocycles. The van der Waals surface area contributed by atoms with Gasteiger partial charge in [-0.1, -0.05) is 0 Å². The van der Waals surface area contributed by atoms with Crippen LogP contribution in [0.15, 0.2) is 29.9 Å². The van der Waals surface area contributed by atoms with Crippen molar-refractivity contribution in [3.8, 4) is 0 Å². The Labute approximate surface area is 126 Å². The number of aromatic nitrogens is 4. The number of hydrogen-bond donors (Lipinski definition) is 1. The average Bonchev–Trinajstić information content (AvgIpc) is 3.23. The minimum atomic E-state index is 0.294. The molecular weight excluding hydrogens is 284 g/mol. The zero-order chi connectivity index (χ0) is 14.2. The second-order valence-corrected chi connectivity index (χ2v) is 6.00. The quantitative estimate of drug-likeness (QED) is 0.805. The van der Waals surface area contributed by atoms with Gasteiger partial charge in [-0.15, -0.1) is 16.4 Å². The fourth-order valence-electron chi connectivity index (χ4n) is 2.89. The number of nitrogens with one attached hydrogen (secondary N) is 1. The first-order valence-electron chi connectivity index (χ1n) is 7.06. The molecule has 1 atom stereocenters. The summed E-state index contributed by atoms with van der Waals surface area (Å²) in [5, 5.41) is 11.0. The van der Waals surface area contributed by atoms with Crippen molar-refractivity contribution in [2.75, 3.05) is 23.8 Å². The smallest absolute Gasteiger partial charge is 0.246 e. The average molecular weight is 300 g/mol. The number of fused-ring (bicyclic) bond motifs is 1. The highest BCUT2D eigenvalue weighted by molar-refractivity contribution is 7.09. The van der Waals surface area contributed by atoms with Crippen molar-refractivity contribution in [1.82, 2.24) is 19.6 Å². The Hall–Kier alpha value is -2.15. The fourth-order valence-corrected chi connectivity index (χ4v) is 3.68. The van der Waals surface area contributed by atoms with Gasteiger partial charge in [-0.2, -0.15) is 4.98 Å². The number of thiazole rings is 1. The third kappa shape index (κ3) is 2.04. The molecule has 21 heavy (non-hydrogen) atoms. The van der Waals surface area contributed by atoms with Crippen molar-refractivity contribution in [1.29, 1.82) is 0 Å². The molecule has 1 saturated heterocycles. The Kier molecular flexibility index (Phi) is 2.99. The molecule has 0 amide bonds. The van der Waals surface area contributed by atoms with E-state index in [0.717, 1.165) is 41.7 Å². The van der Waals surface area contributed by atoms with E-state index in [1.54, 1.807) is 11.3 Å². The maximum absolute atomic E-state index is 4.69. The van der Waals surface area contributed by atoms with Gasteiger partial charge >= 0.3 is 0 Å². The van der Waals surface area contributed by atoms with Crippen molar-refractivity contribution in [2.24, 2.45) is 0 Å². The van der Waals surface area contributed by atoms with Crippen LogP contribution in [0, 0.1) is 0 Å². The van der Waals surface area contributed by atoms with Gasteiger partial charge in [0, 0.05) is 31.4 Å². The highest BCUT2D eigenvalue weighted by atomic mass is 32.1. The third-order valence-electron chi connectivity index (χ3n) is 3.86. The molecule has 1 N–H and O–H groups in total. The maximum atomic E-state index is 4.69. The fraction of sp³-hybridized carbons (Fsp3) is 0.357. The number of rotatable bonds is 3. The van der Waals surface area contributed by atoms with Gasteiger partial charge < -0.3 is 10.2 Å². The molecule has 0 saturated carbocycles. The lowest BCUT2D eigenvalue weighted by Gasteiger charge is -2.23. The first-order chi connectivity index (χ1) is 10.4. The van der Waals surface area contributed by atoms with Crippen molar-refractivity contribution in [3.63, 3.8) is 0 Å². The second kappa shape index (κ2) is 5.00. The zero-order valence-corrected chi connectivity index (χ0v) is 12.5. The third-order valence-corrected chi connectivity index (χ3v) is 4.74. The molecule has 4 rings (SSSR count). The molecule has 1 aliphatic heterocycles. The lowest BCUT2D eigenvalue weighted by atomic mass is 10.2. The Bertz CT molecular complexity index is 750. The van der Waals surface area contributed by atoms with E-state index in [0.29, 0.717) is 6.04 Å². The summed E-state index contributed by atoms with van der Waals surface area (Å²) in [6.45, 7) is 0.972. The predicted octanol–water partition coefficient (Wildman–Crippen LogP) is 2.57. The van der Waals surface area contributed by atoms with E-state index in [9.17, 15) is 0 Å². The molecular formula is C14H16N6S. The molecule has 3 aromatic rings. The lowest BCUT2D eigenvalue weighted by Crippen LogP contribution is -2.25. The number of nitrogens with zero attached hydrogens (tertiary/aromatic N) is 5. The molecule has 1 fully saturated rings. The Morgan fingerprint density at radius 3 is 3.19 bits per heavy atom. The first-order valence-corrected chi connectivity index (χ1v) is 7.94. The number of anilines is 2. The lowest BCUT2D eigenvalue weighted by molar-refractivity contribution is 0.685. The molecule has 3 aromatic heterocycles. The molecule has 1 unspecified atom stereocenters. The zero-order valence-electron chi connectivity index (χ0n) is 11.7. The summed E-state index contributed by atoms with van der Waals surface area (Å²) in [5.74, 6) is 1.62. The summed E-state index contributed by atoms with van der Waals surface area (Å²) in [7, 11) is 1.89. The van der Waals surface area contributed by atoms with Gasteiger partial charge in [0.2, 0.25) is 5.95 Å². The van der Waals surface area contributed by atoms with Crippen LogP contribution in [0.4, 0.5) is 11.8 Å². The molecule has 6 nitrogen and oxygen atoms in total. The van der Waals surface area contributed by atoms with Crippen LogP contribution in [-0.4, -0.2) is 33.2 Å².